The van der Waals surface area contributed by atoms with Crippen molar-refractivity contribution in [2.75, 3.05) is 36.5 Å². The highest BCUT2D eigenvalue weighted by atomic mass is 32.1. The summed E-state index contributed by atoms with van der Waals surface area (Å²) < 4.78 is 13.6. The Morgan fingerprint density at radius 1 is 1.12 bits per heavy atom. The molecule has 3 heterocycles. The molecule has 24 heavy (non-hydrogen) atoms. The molecule has 0 unspecified atom stereocenters. The molecule has 0 aliphatic carbocycles. The lowest BCUT2D eigenvalue weighted by Gasteiger charge is -2.27. The van der Waals surface area contributed by atoms with Gasteiger partial charge in [-0.3, -0.25) is 4.79 Å². The van der Waals surface area contributed by atoms with Crippen LogP contribution in [0.3, 0.4) is 0 Å². The highest BCUT2D eigenvalue weighted by Gasteiger charge is 2.14. The number of nitrogens with zero attached hydrogens (tertiary/aromatic N) is 5. The highest BCUT2D eigenvalue weighted by Crippen LogP contribution is 2.17. The second-order valence-corrected chi connectivity index (χ2v) is 5.81. The minimum absolute atomic E-state index is 0.239. The van der Waals surface area contributed by atoms with Gasteiger partial charge in [0.1, 0.15) is 29.0 Å². The molecule has 1 aliphatic heterocycles. The Labute approximate surface area is 141 Å². The predicted molar refractivity (Wildman–Crippen MR) is 90.4 cm³/mol. The number of amides is 1. The number of carbonyl (C=O) groups is 1. The van der Waals surface area contributed by atoms with Gasteiger partial charge in [-0.2, -0.15) is 8.75 Å². The third kappa shape index (κ3) is 3.03. The molecular weight excluding hydrogens is 328 g/mol. The van der Waals surface area contributed by atoms with Crippen LogP contribution in [0.15, 0.2) is 30.6 Å². The largest absolute Gasteiger partial charge is 0.378 e. The molecule has 1 aromatic carbocycles. The average Bonchev–Trinajstić information content (AvgIpc) is 3.10. The SMILES string of the molecule is O=C(Nc1cc(N2CCOCC2)ncn1)c1ccc2nsnc2c1. The molecule has 1 saturated heterocycles. The molecule has 9 heteroatoms. The van der Waals surface area contributed by atoms with E-state index in [1.54, 1.807) is 24.3 Å². The summed E-state index contributed by atoms with van der Waals surface area (Å²) in [5.74, 6) is 1.01. The zero-order chi connectivity index (χ0) is 16.4. The Balaban J connectivity index is 1.52. The van der Waals surface area contributed by atoms with E-state index in [0.29, 0.717) is 30.1 Å². The maximum Gasteiger partial charge on any atom is 0.256 e. The Bertz CT molecular complexity index is 877. The van der Waals surface area contributed by atoms with E-state index in [9.17, 15) is 4.79 Å². The number of ether oxygens (including phenoxy) is 1. The van der Waals surface area contributed by atoms with Gasteiger partial charge in [-0.05, 0) is 18.2 Å². The lowest BCUT2D eigenvalue weighted by molar-refractivity contribution is 0.102. The molecule has 0 radical (unpaired) electrons. The second-order valence-electron chi connectivity index (χ2n) is 5.28. The maximum absolute atomic E-state index is 12.4. The van der Waals surface area contributed by atoms with Crippen molar-refractivity contribution in [2.45, 2.75) is 0 Å². The Kier molecular flexibility index (Phi) is 4.01. The maximum atomic E-state index is 12.4. The fourth-order valence-corrected chi connectivity index (χ4v) is 3.01. The molecule has 8 nitrogen and oxygen atoms in total. The summed E-state index contributed by atoms with van der Waals surface area (Å²) in [6.07, 6.45) is 1.45. The number of aromatic nitrogens is 4. The highest BCUT2D eigenvalue weighted by molar-refractivity contribution is 7.00. The molecule has 0 atom stereocenters. The third-order valence-corrected chi connectivity index (χ3v) is 4.30. The van der Waals surface area contributed by atoms with Crippen molar-refractivity contribution in [1.82, 2.24) is 18.7 Å². The van der Waals surface area contributed by atoms with Gasteiger partial charge < -0.3 is 15.0 Å². The van der Waals surface area contributed by atoms with Crippen LogP contribution in [0.5, 0.6) is 0 Å². The van der Waals surface area contributed by atoms with Gasteiger partial charge in [-0.15, -0.1) is 0 Å². The number of rotatable bonds is 3. The number of hydrogen-bond donors (Lipinski definition) is 1. The van der Waals surface area contributed by atoms with Crippen molar-refractivity contribution in [3.8, 4) is 0 Å². The van der Waals surface area contributed by atoms with Gasteiger partial charge in [0.15, 0.2) is 0 Å². The number of nitrogens with one attached hydrogen (secondary N) is 1. The van der Waals surface area contributed by atoms with Gasteiger partial charge in [0, 0.05) is 24.7 Å². The fraction of sp³-hybridized carbons (Fsp3) is 0.267. The summed E-state index contributed by atoms with van der Waals surface area (Å²) in [7, 11) is 0. The Hall–Kier alpha value is -2.65. The van der Waals surface area contributed by atoms with Crippen LogP contribution in [0.4, 0.5) is 11.6 Å². The first-order chi connectivity index (χ1) is 11.8. The molecule has 4 rings (SSSR count). The van der Waals surface area contributed by atoms with E-state index in [1.165, 1.54) is 6.33 Å². The molecule has 1 aliphatic rings. The summed E-state index contributed by atoms with van der Waals surface area (Å²) in [4.78, 5) is 22.9. The standard InChI is InChI=1S/C15H14N6O2S/c22-15(10-1-2-11-12(7-10)20-24-19-11)18-13-8-14(17-9-16-13)21-3-5-23-6-4-21/h1-2,7-9H,3-6H2,(H,16,17,18,22). The first-order valence-electron chi connectivity index (χ1n) is 7.48. The zero-order valence-electron chi connectivity index (χ0n) is 12.7. The summed E-state index contributed by atoms with van der Waals surface area (Å²) in [5.41, 5.74) is 2.01. The van der Waals surface area contributed by atoms with Crippen molar-refractivity contribution in [3.63, 3.8) is 0 Å². The van der Waals surface area contributed by atoms with Crippen LogP contribution in [0.2, 0.25) is 0 Å². The van der Waals surface area contributed by atoms with Crippen LogP contribution in [-0.2, 0) is 4.74 Å². The van der Waals surface area contributed by atoms with Gasteiger partial charge in [0.25, 0.3) is 5.91 Å². The van der Waals surface area contributed by atoms with Gasteiger partial charge in [0.2, 0.25) is 0 Å². The van der Waals surface area contributed by atoms with Gasteiger partial charge in [-0.1, -0.05) is 0 Å². The fourth-order valence-electron chi connectivity index (χ4n) is 2.49. The Morgan fingerprint density at radius 2 is 1.96 bits per heavy atom. The predicted octanol–water partition coefficient (Wildman–Crippen LogP) is 1.57. The quantitative estimate of drug-likeness (QED) is 0.772. The van der Waals surface area contributed by atoms with Crippen molar-refractivity contribution in [2.24, 2.45) is 0 Å². The van der Waals surface area contributed by atoms with E-state index in [-0.39, 0.29) is 5.91 Å². The van der Waals surface area contributed by atoms with Crippen LogP contribution in [0.25, 0.3) is 11.0 Å². The van der Waals surface area contributed by atoms with E-state index in [4.69, 9.17) is 4.74 Å². The summed E-state index contributed by atoms with van der Waals surface area (Å²) in [5, 5.41) is 2.80. The lowest BCUT2D eigenvalue weighted by atomic mass is 10.2. The summed E-state index contributed by atoms with van der Waals surface area (Å²) in [6.45, 7) is 2.90. The van der Waals surface area contributed by atoms with Crippen LogP contribution in [0.1, 0.15) is 10.4 Å². The lowest BCUT2D eigenvalue weighted by Crippen LogP contribution is -2.36. The number of morpholine rings is 1. The van der Waals surface area contributed by atoms with Crippen molar-refractivity contribution in [1.29, 1.82) is 0 Å². The minimum Gasteiger partial charge on any atom is -0.378 e. The molecule has 1 fully saturated rings. The molecule has 1 amide bonds. The third-order valence-electron chi connectivity index (χ3n) is 3.75. The number of benzene rings is 1. The number of carbonyl (C=O) groups excluding carboxylic acids is 1. The minimum atomic E-state index is -0.239. The van der Waals surface area contributed by atoms with Crippen LogP contribution >= 0.6 is 11.7 Å². The number of anilines is 2. The van der Waals surface area contributed by atoms with Gasteiger partial charge in [0.05, 0.1) is 24.9 Å². The molecule has 2 aromatic heterocycles. The monoisotopic (exact) mass is 342 g/mol. The smallest absolute Gasteiger partial charge is 0.256 e. The Morgan fingerprint density at radius 3 is 2.83 bits per heavy atom. The van der Waals surface area contributed by atoms with E-state index in [0.717, 1.165) is 36.2 Å². The topological polar surface area (TPSA) is 93.1 Å². The first-order valence-corrected chi connectivity index (χ1v) is 8.21. The average molecular weight is 342 g/mol. The molecule has 122 valence electrons. The molecule has 0 saturated carbocycles. The second kappa shape index (κ2) is 6.46. The molecule has 1 N–H and O–H groups in total. The van der Waals surface area contributed by atoms with E-state index in [2.05, 4.69) is 28.9 Å². The molecule has 0 spiro atoms. The van der Waals surface area contributed by atoms with Gasteiger partial charge in [-0.25, -0.2) is 9.97 Å². The molecular formula is C15H14N6O2S. The van der Waals surface area contributed by atoms with Crippen LogP contribution < -0.4 is 10.2 Å². The summed E-state index contributed by atoms with van der Waals surface area (Å²) >= 11 is 1.13. The van der Waals surface area contributed by atoms with Crippen molar-refractivity contribution < 1.29 is 9.53 Å². The zero-order valence-corrected chi connectivity index (χ0v) is 13.5. The summed E-state index contributed by atoms with van der Waals surface area (Å²) in [6, 6.07) is 7.00. The van der Waals surface area contributed by atoms with Crippen molar-refractivity contribution >= 4 is 40.3 Å². The van der Waals surface area contributed by atoms with Gasteiger partial charge >= 0.3 is 0 Å². The van der Waals surface area contributed by atoms with Crippen LogP contribution in [0, 0.1) is 0 Å². The van der Waals surface area contributed by atoms with Crippen molar-refractivity contribution in [3.05, 3.63) is 36.2 Å². The first kappa shape index (κ1) is 14.9. The molecule has 0 bridgehead atoms. The molecule has 3 aromatic rings. The normalized spacial score (nSPS) is 14.8. The van der Waals surface area contributed by atoms with E-state index >= 15 is 0 Å². The van der Waals surface area contributed by atoms with E-state index < -0.39 is 0 Å². The number of hydrogen-bond acceptors (Lipinski definition) is 8. The van der Waals surface area contributed by atoms with Crippen LogP contribution in [-0.4, -0.2) is 50.9 Å². The number of fused-ring (bicyclic) bond motifs is 1. The van der Waals surface area contributed by atoms with E-state index in [1.807, 2.05) is 0 Å².